The van der Waals surface area contributed by atoms with Crippen LogP contribution in [0.4, 0.5) is 4.39 Å². The highest BCUT2D eigenvalue weighted by atomic mass is 32.2. The molecule has 1 aromatic carbocycles. The van der Waals surface area contributed by atoms with Crippen molar-refractivity contribution in [3.05, 3.63) is 60.4 Å². The van der Waals surface area contributed by atoms with E-state index in [1.165, 1.54) is 23.9 Å². The number of carbonyl (C=O) groups excluding carboxylic acids is 1. The molecule has 2 aromatic heterocycles. The molecule has 0 unspecified atom stereocenters. The summed E-state index contributed by atoms with van der Waals surface area (Å²) in [5, 5.41) is 3.51. The number of imidazole rings is 1. The van der Waals surface area contributed by atoms with Crippen LogP contribution in [0.2, 0.25) is 0 Å². The van der Waals surface area contributed by atoms with E-state index in [0.29, 0.717) is 12.3 Å². The fraction of sp³-hybridized carbons (Fsp3) is 0.176. The molecule has 0 aliphatic heterocycles. The van der Waals surface area contributed by atoms with Crippen molar-refractivity contribution in [3.8, 4) is 11.3 Å². The third-order valence-corrected chi connectivity index (χ3v) is 4.50. The number of hydrogen-bond acceptors (Lipinski definition) is 4. The molecule has 0 aliphatic carbocycles. The molecule has 0 spiro atoms. The van der Waals surface area contributed by atoms with E-state index in [1.807, 2.05) is 11.6 Å². The van der Waals surface area contributed by atoms with Gasteiger partial charge < -0.3 is 14.3 Å². The standard InChI is InChI=1S/C17H16FN3O2S/c1-21-15(12-4-6-13(18)7-5-12)10-20-17(21)24-11-16(22)19-9-14-3-2-8-23-14/h2-8,10H,9,11H2,1H3,(H,19,22). The minimum absolute atomic E-state index is 0.0947. The Hall–Kier alpha value is -2.54. The molecule has 7 heteroatoms. The van der Waals surface area contributed by atoms with Gasteiger partial charge in [0.05, 0.1) is 30.5 Å². The summed E-state index contributed by atoms with van der Waals surface area (Å²) in [7, 11) is 1.87. The van der Waals surface area contributed by atoms with Crippen molar-refractivity contribution in [2.75, 3.05) is 5.75 Å². The highest BCUT2D eigenvalue weighted by Gasteiger charge is 2.11. The summed E-state index contributed by atoms with van der Waals surface area (Å²) >= 11 is 1.35. The first-order valence-corrected chi connectivity index (χ1v) is 8.31. The maximum Gasteiger partial charge on any atom is 0.230 e. The van der Waals surface area contributed by atoms with Crippen molar-refractivity contribution in [1.29, 1.82) is 0 Å². The number of nitrogens with one attached hydrogen (secondary N) is 1. The van der Waals surface area contributed by atoms with Crippen LogP contribution in [0, 0.1) is 5.82 Å². The molecule has 0 aliphatic rings. The zero-order valence-corrected chi connectivity index (χ0v) is 13.8. The Morgan fingerprint density at radius 2 is 2.12 bits per heavy atom. The van der Waals surface area contributed by atoms with Crippen LogP contribution in [0.5, 0.6) is 0 Å². The van der Waals surface area contributed by atoms with Gasteiger partial charge in [-0.2, -0.15) is 0 Å². The van der Waals surface area contributed by atoms with Crippen molar-refractivity contribution in [3.63, 3.8) is 0 Å². The van der Waals surface area contributed by atoms with Crippen molar-refractivity contribution >= 4 is 17.7 Å². The van der Waals surface area contributed by atoms with Crippen LogP contribution in [0.1, 0.15) is 5.76 Å². The molecule has 0 atom stereocenters. The molecule has 0 fully saturated rings. The molecule has 3 rings (SSSR count). The molecule has 5 nitrogen and oxygen atoms in total. The van der Waals surface area contributed by atoms with Crippen LogP contribution in [-0.4, -0.2) is 21.2 Å². The van der Waals surface area contributed by atoms with Gasteiger partial charge in [-0.15, -0.1) is 0 Å². The van der Waals surface area contributed by atoms with Crippen molar-refractivity contribution in [1.82, 2.24) is 14.9 Å². The van der Waals surface area contributed by atoms with Gasteiger partial charge in [0, 0.05) is 7.05 Å². The minimum atomic E-state index is -0.274. The molecular weight excluding hydrogens is 329 g/mol. The molecule has 124 valence electrons. The lowest BCUT2D eigenvalue weighted by Crippen LogP contribution is -2.24. The van der Waals surface area contributed by atoms with E-state index >= 15 is 0 Å². The Morgan fingerprint density at radius 1 is 1.33 bits per heavy atom. The van der Waals surface area contributed by atoms with Gasteiger partial charge in [0.1, 0.15) is 11.6 Å². The Kier molecular flexibility index (Phi) is 5.00. The lowest BCUT2D eigenvalue weighted by molar-refractivity contribution is -0.118. The van der Waals surface area contributed by atoms with Gasteiger partial charge in [0.2, 0.25) is 5.91 Å². The first-order chi connectivity index (χ1) is 11.6. The number of halogens is 1. The maximum absolute atomic E-state index is 13.0. The number of furan rings is 1. The van der Waals surface area contributed by atoms with Crippen LogP contribution in [0.25, 0.3) is 11.3 Å². The quantitative estimate of drug-likeness (QED) is 0.697. The van der Waals surface area contributed by atoms with Crippen molar-refractivity contribution < 1.29 is 13.6 Å². The van der Waals surface area contributed by atoms with Gasteiger partial charge in [-0.3, -0.25) is 4.79 Å². The Bertz CT molecular complexity index is 813. The van der Waals surface area contributed by atoms with E-state index in [2.05, 4.69) is 10.3 Å². The largest absolute Gasteiger partial charge is 0.467 e. The second-order valence-electron chi connectivity index (χ2n) is 5.14. The summed E-state index contributed by atoms with van der Waals surface area (Å²) in [4.78, 5) is 16.2. The minimum Gasteiger partial charge on any atom is -0.467 e. The van der Waals surface area contributed by atoms with Crippen LogP contribution in [0.3, 0.4) is 0 Å². The number of aromatic nitrogens is 2. The number of hydrogen-bond donors (Lipinski definition) is 1. The Balaban J connectivity index is 1.58. The van der Waals surface area contributed by atoms with E-state index in [9.17, 15) is 9.18 Å². The van der Waals surface area contributed by atoms with E-state index in [1.54, 1.807) is 36.7 Å². The van der Waals surface area contributed by atoms with E-state index in [0.717, 1.165) is 16.4 Å². The molecule has 0 saturated carbocycles. The number of benzene rings is 1. The Labute approximate surface area is 142 Å². The second-order valence-corrected chi connectivity index (χ2v) is 6.08. The highest BCUT2D eigenvalue weighted by molar-refractivity contribution is 7.99. The Morgan fingerprint density at radius 3 is 2.83 bits per heavy atom. The summed E-state index contributed by atoms with van der Waals surface area (Å²) in [6.45, 7) is 0.369. The zero-order valence-electron chi connectivity index (χ0n) is 13.0. The van der Waals surface area contributed by atoms with Crippen molar-refractivity contribution in [2.45, 2.75) is 11.7 Å². The monoisotopic (exact) mass is 345 g/mol. The molecule has 2 heterocycles. The van der Waals surface area contributed by atoms with Crippen LogP contribution in [0.15, 0.2) is 58.4 Å². The normalized spacial score (nSPS) is 10.8. The van der Waals surface area contributed by atoms with Crippen LogP contribution >= 0.6 is 11.8 Å². The number of rotatable bonds is 6. The van der Waals surface area contributed by atoms with Gasteiger partial charge in [0.15, 0.2) is 5.16 Å². The van der Waals surface area contributed by atoms with E-state index in [-0.39, 0.29) is 17.5 Å². The lowest BCUT2D eigenvalue weighted by Gasteiger charge is -2.06. The van der Waals surface area contributed by atoms with Gasteiger partial charge >= 0.3 is 0 Å². The first kappa shape index (κ1) is 16.3. The smallest absolute Gasteiger partial charge is 0.230 e. The van der Waals surface area contributed by atoms with Gasteiger partial charge in [-0.05, 0) is 42.0 Å². The van der Waals surface area contributed by atoms with Gasteiger partial charge in [-0.1, -0.05) is 11.8 Å². The topological polar surface area (TPSA) is 60.1 Å². The summed E-state index contributed by atoms with van der Waals surface area (Å²) in [6, 6.07) is 9.82. The fourth-order valence-electron chi connectivity index (χ4n) is 2.20. The second kappa shape index (κ2) is 7.35. The molecule has 0 bridgehead atoms. The molecule has 1 N–H and O–H groups in total. The highest BCUT2D eigenvalue weighted by Crippen LogP contribution is 2.24. The maximum atomic E-state index is 13.0. The number of carbonyl (C=O) groups is 1. The zero-order chi connectivity index (χ0) is 16.9. The SMILES string of the molecule is Cn1c(-c2ccc(F)cc2)cnc1SCC(=O)NCc1ccco1. The predicted molar refractivity (Wildman–Crippen MR) is 89.9 cm³/mol. The fourth-order valence-corrected chi connectivity index (χ4v) is 2.98. The van der Waals surface area contributed by atoms with Crippen molar-refractivity contribution in [2.24, 2.45) is 7.05 Å². The number of amides is 1. The summed E-state index contributed by atoms with van der Waals surface area (Å²) in [5.41, 5.74) is 1.74. The number of nitrogens with zero attached hydrogens (tertiary/aromatic N) is 2. The lowest BCUT2D eigenvalue weighted by atomic mass is 10.2. The van der Waals surface area contributed by atoms with E-state index in [4.69, 9.17) is 4.42 Å². The molecular formula is C17H16FN3O2S. The summed E-state index contributed by atoms with van der Waals surface area (Å²) < 4.78 is 20.1. The molecule has 3 aromatic rings. The summed E-state index contributed by atoms with van der Waals surface area (Å²) in [6.07, 6.45) is 3.29. The molecule has 1 amide bonds. The average molecular weight is 345 g/mol. The predicted octanol–water partition coefficient (Wildman–Crippen LogP) is 3.23. The van der Waals surface area contributed by atoms with E-state index < -0.39 is 0 Å². The molecule has 0 radical (unpaired) electrons. The van der Waals surface area contributed by atoms with Gasteiger partial charge in [0.25, 0.3) is 0 Å². The van der Waals surface area contributed by atoms with Gasteiger partial charge in [-0.25, -0.2) is 9.37 Å². The molecule has 0 saturated heterocycles. The van der Waals surface area contributed by atoms with Crippen LogP contribution < -0.4 is 5.32 Å². The number of thioether (sulfide) groups is 1. The molecule has 24 heavy (non-hydrogen) atoms. The first-order valence-electron chi connectivity index (χ1n) is 7.33. The average Bonchev–Trinajstić information content (AvgIpc) is 3.22. The summed E-state index contributed by atoms with van der Waals surface area (Å²) in [5.74, 6) is 0.601. The third-order valence-electron chi connectivity index (χ3n) is 3.46. The van der Waals surface area contributed by atoms with Crippen LogP contribution in [-0.2, 0) is 18.4 Å². The third kappa shape index (κ3) is 3.86.